The first-order valence-corrected chi connectivity index (χ1v) is 8.78. The van der Waals surface area contributed by atoms with Crippen LogP contribution in [-0.2, 0) is 16.4 Å². The minimum atomic E-state index is -3.46. The summed E-state index contributed by atoms with van der Waals surface area (Å²) in [5, 5.41) is 0. The average Bonchev–Trinajstić information content (AvgIpc) is 2.48. The number of benzene rings is 2. The number of hydrogen-bond donors (Lipinski definition) is 1. The van der Waals surface area contributed by atoms with Gasteiger partial charge >= 0.3 is 0 Å². The van der Waals surface area contributed by atoms with Crippen molar-refractivity contribution in [2.45, 2.75) is 25.2 Å². The van der Waals surface area contributed by atoms with E-state index in [2.05, 4.69) is 4.72 Å². The Morgan fingerprint density at radius 3 is 2.59 bits per heavy atom. The molecule has 2 aromatic rings. The molecule has 0 spiro atoms. The molecule has 4 nitrogen and oxygen atoms in total. The highest BCUT2D eigenvalue weighted by molar-refractivity contribution is 7.89. The number of ether oxygens (including phenoxy) is 1. The molecule has 0 bridgehead atoms. The standard InChI is InChI=1S/C17H21NO3S/c1-3-21-16-9-6-8-15(13-16)11-12-18-22(19,20)17-10-5-4-7-14(17)2/h4-10,13,18H,3,11-12H2,1-2H3. The molecule has 118 valence electrons. The van der Waals surface area contributed by atoms with E-state index in [0.29, 0.717) is 24.5 Å². The van der Waals surface area contributed by atoms with Crippen LogP contribution in [0.15, 0.2) is 53.4 Å². The van der Waals surface area contributed by atoms with E-state index in [0.717, 1.165) is 16.9 Å². The van der Waals surface area contributed by atoms with E-state index < -0.39 is 10.0 Å². The van der Waals surface area contributed by atoms with Gasteiger partial charge in [0.25, 0.3) is 0 Å². The first kappa shape index (κ1) is 16.5. The monoisotopic (exact) mass is 319 g/mol. The molecule has 0 saturated carbocycles. The first-order chi connectivity index (χ1) is 10.5. The third-order valence-corrected chi connectivity index (χ3v) is 4.92. The highest BCUT2D eigenvalue weighted by atomic mass is 32.2. The van der Waals surface area contributed by atoms with Crippen LogP contribution in [0.2, 0.25) is 0 Å². The van der Waals surface area contributed by atoms with Gasteiger partial charge in [-0.25, -0.2) is 13.1 Å². The molecule has 0 radical (unpaired) electrons. The molecule has 2 rings (SSSR count). The number of rotatable bonds is 7. The van der Waals surface area contributed by atoms with Crippen molar-refractivity contribution >= 4 is 10.0 Å². The Labute approximate surface area is 132 Å². The summed E-state index contributed by atoms with van der Waals surface area (Å²) < 4.78 is 32.6. The fourth-order valence-corrected chi connectivity index (χ4v) is 3.50. The number of nitrogens with one attached hydrogen (secondary N) is 1. The summed E-state index contributed by atoms with van der Waals surface area (Å²) in [7, 11) is -3.46. The summed E-state index contributed by atoms with van der Waals surface area (Å²) in [5.74, 6) is 0.807. The Hall–Kier alpha value is -1.85. The maximum absolute atomic E-state index is 12.3. The first-order valence-electron chi connectivity index (χ1n) is 7.30. The third-order valence-electron chi connectivity index (χ3n) is 3.30. The second-order valence-electron chi connectivity index (χ2n) is 4.99. The lowest BCUT2D eigenvalue weighted by Crippen LogP contribution is -2.26. The molecule has 0 amide bonds. The van der Waals surface area contributed by atoms with Gasteiger partial charge in [0.2, 0.25) is 10.0 Å². The van der Waals surface area contributed by atoms with Gasteiger partial charge in [-0.2, -0.15) is 0 Å². The van der Waals surface area contributed by atoms with Gasteiger partial charge in [0.15, 0.2) is 0 Å². The summed E-state index contributed by atoms with van der Waals surface area (Å²) >= 11 is 0. The molecule has 0 heterocycles. The van der Waals surface area contributed by atoms with Crippen LogP contribution in [0.3, 0.4) is 0 Å². The minimum absolute atomic E-state index is 0.332. The lowest BCUT2D eigenvalue weighted by Gasteiger charge is -2.10. The molecule has 0 saturated heterocycles. The van der Waals surface area contributed by atoms with Crippen LogP contribution < -0.4 is 9.46 Å². The Morgan fingerprint density at radius 1 is 1.09 bits per heavy atom. The second kappa shape index (κ2) is 7.42. The normalized spacial score (nSPS) is 11.4. The summed E-state index contributed by atoms with van der Waals surface area (Å²) in [6.45, 7) is 4.69. The van der Waals surface area contributed by atoms with Crippen LogP contribution in [0.5, 0.6) is 5.75 Å². The molecule has 0 fully saturated rings. The van der Waals surface area contributed by atoms with Crippen molar-refractivity contribution in [3.8, 4) is 5.75 Å². The van der Waals surface area contributed by atoms with Gasteiger partial charge in [0.05, 0.1) is 11.5 Å². The van der Waals surface area contributed by atoms with Crippen molar-refractivity contribution in [2.75, 3.05) is 13.2 Å². The molecule has 0 aliphatic carbocycles. The molecule has 2 aromatic carbocycles. The van der Waals surface area contributed by atoms with Crippen molar-refractivity contribution in [3.05, 3.63) is 59.7 Å². The smallest absolute Gasteiger partial charge is 0.240 e. The average molecular weight is 319 g/mol. The van der Waals surface area contributed by atoms with Crippen LogP contribution in [0.4, 0.5) is 0 Å². The zero-order valence-corrected chi connectivity index (χ0v) is 13.7. The summed E-state index contributed by atoms with van der Waals surface area (Å²) in [5.41, 5.74) is 1.78. The van der Waals surface area contributed by atoms with Gasteiger partial charge in [-0.15, -0.1) is 0 Å². The number of hydrogen-bond acceptors (Lipinski definition) is 3. The fraction of sp³-hybridized carbons (Fsp3) is 0.294. The fourth-order valence-electron chi connectivity index (χ4n) is 2.22. The van der Waals surface area contributed by atoms with E-state index in [1.807, 2.05) is 37.3 Å². The van der Waals surface area contributed by atoms with Crippen molar-refractivity contribution in [3.63, 3.8) is 0 Å². The minimum Gasteiger partial charge on any atom is -0.494 e. The SMILES string of the molecule is CCOc1cccc(CCNS(=O)(=O)c2ccccc2C)c1. The second-order valence-corrected chi connectivity index (χ2v) is 6.73. The van der Waals surface area contributed by atoms with E-state index in [1.54, 1.807) is 25.1 Å². The predicted molar refractivity (Wildman–Crippen MR) is 87.7 cm³/mol. The van der Waals surface area contributed by atoms with Crippen molar-refractivity contribution in [1.29, 1.82) is 0 Å². The van der Waals surface area contributed by atoms with Gasteiger partial charge in [0.1, 0.15) is 5.75 Å². The molecular formula is C17H21NO3S. The van der Waals surface area contributed by atoms with Crippen LogP contribution in [0.1, 0.15) is 18.1 Å². The summed E-state index contributed by atoms with van der Waals surface area (Å²) in [4.78, 5) is 0.332. The lowest BCUT2D eigenvalue weighted by molar-refractivity contribution is 0.340. The van der Waals surface area contributed by atoms with E-state index >= 15 is 0 Å². The van der Waals surface area contributed by atoms with E-state index in [-0.39, 0.29) is 0 Å². The van der Waals surface area contributed by atoms with Crippen molar-refractivity contribution < 1.29 is 13.2 Å². The Balaban J connectivity index is 1.99. The van der Waals surface area contributed by atoms with Crippen molar-refractivity contribution in [1.82, 2.24) is 4.72 Å². The largest absolute Gasteiger partial charge is 0.494 e. The molecule has 1 N–H and O–H groups in total. The topological polar surface area (TPSA) is 55.4 Å². The zero-order chi connectivity index (χ0) is 16.0. The number of sulfonamides is 1. The molecule has 0 aliphatic heterocycles. The van der Waals surface area contributed by atoms with Crippen LogP contribution in [-0.4, -0.2) is 21.6 Å². The Kier molecular flexibility index (Phi) is 5.57. The Bertz CT molecular complexity index is 726. The quantitative estimate of drug-likeness (QED) is 0.854. The molecule has 22 heavy (non-hydrogen) atoms. The predicted octanol–water partition coefficient (Wildman–Crippen LogP) is 2.91. The van der Waals surface area contributed by atoms with Gasteiger partial charge in [-0.3, -0.25) is 0 Å². The molecule has 0 aromatic heterocycles. The lowest BCUT2D eigenvalue weighted by atomic mass is 10.1. The zero-order valence-electron chi connectivity index (χ0n) is 12.9. The van der Waals surface area contributed by atoms with E-state index in [9.17, 15) is 8.42 Å². The molecule has 0 atom stereocenters. The van der Waals surface area contributed by atoms with Gasteiger partial charge < -0.3 is 4.74 Å². The van der Waals surface area contributed by atoms with Crippen LogP contribution in [0, 0.1) is 6.92 Å². The molecule has 0 unspecified atom stereocenters. The maximum Gasteiger partial charge on any atom is 0.240 e. The van der Waals surface area contributed by atoms with Crippen LogP contribution >= 0.6 is 0 Å². The highest BCUT2D eigenvalue weighted by Crippen LogP contribution is 2.15. The van der Waals surface area contributed by atoms with Gasteiger partial charge in [-0.05, 0) is 49.6 Å². The van der Waals surface area contributed by atoms with E-state index in [1.165, 1.54) is 0 Å². The molecular weight excluding hydrogens is 298 g/mol. The highest BCUT2D eigenvalue weighted by Gasteiger charge is 2.15. The molecule has 5 heteroatoms. The van der Waals surface area contributed by atoms with E-state index in [4.69, 9.17) is 4.74 Å². The van der Waals surface area contributed by atoms with Crippen LogP contribution in [0.25, 0.3) is 0 Å². The third kappa shape index (κ3) is 4.32. The number of aryl methyl sites for hydroxylation is 1. The summed E-state index contributed by atoms with van der Waals surface area (Å²) in [6.07, 6.45) is 0.617. The summed E-state index contributed by atoms with van der Waals surface area (Å²) in [6, 6.07) is 14.7. The van der Waals surface area contributed by atoms with Gasteiger partial charge in [-0.1, -0.05) is 30.3 Å². The molecule has 0 aliphatic rings. The van der Waals surface area contributed by atoms with Crippen molar-refractivity contribution in [2.24, 2.45) is 0 Å². The maximum atomic E-state index is 12.3. The Morgan fingerprint density at radius 2 is 1.86 bits per heavy atom. The van der Waals surface area contributed by atoms with Gasteiger partial charge in [0, 0.05) is 6.54 Å².